The first-order valence-electron chi connectivity index (χ1n) is 6.53. The van der Waals surface area contributed by atoms with E-state index in [4.69, 9.17) is 0 Å². The van der Waals surface area contributed by atoms with Crippen molar-refractivity contribution in [3.8, 4) is 0 Å². The van der Waals surface area contributed by atoms with E-state index < -0.39 is 10.2 Å². The van der Waals surface area contributed by atoms with Crippen molar-refractivity contribution in [3.05, 3.63) is 22.7 Å². The molecule has 0 bridgehead atoms. The predicted molar refractivity (Wildman–Crippen MR) is 80.3 cm³/mol. The van der Waals surface area contributed by atoms with E-state index in [0.717, 1.165) is 25.0 Å². The first-order chi connectivity index (χ1) is 9.39. The minimum Gasteiger partial charge on any atom is -0.257 e. The molecule has 1 fully saturated rings. The minimum absolute atomic E-state index is 0.300. The highest BCUT2D eigenvalue weighted by Gasteiger charge is 2.30. The molecule has 1 aliphatic rings. The molecule has 112 valence electrons. The average Bonchev–Trinajstić information content (AvgIpc) is 2.41. The normalized spacial score (nSPS) is 21.3. The fraction of sp³-hybridized carbons (Fsp3) is 0.667. The van der Waals surface area contributed by atoms with Crippen molar-refractivity contribution < 1.29 is 8.42 Å². The van der Waals surface area contributed by atoms with E-state index in [1.807, 2.05) is 0 Å². The van der Waals surface area contributed by atoms with Crippen molar-refractivity contribution in [1.82, 2.24) is 18.6 Å². The van der Waals surface area contributed by atoms with Crippen LogP contribution in [0.25, 0.3) is 0 Å². The van der Waals surface area contributed by atoms with E-state index in [-0.39, 0.29) is 0 Å². The van der Waals surface area contributed by atoms with Crippen LogP contribution in [0.15, 0.2) is 17.0 Å². The Morgan fingerprint density at radius 2 is 2.15 bits per heavy atom. The molecular formula is C12H19BrN4O2S. The SMILES string of the molecule is CN(C)S(=O)(=O)N1CCC[C@@H](Cc2cnc(Br)cn2)C1. The monoisotopic (exact) mass is 362 g/mol. The van der Waals surface area contributed by atoms with Crippen molar-refractivity contribution in [2.24, 2.45) is 5.92 Å². The van der Waals surface area contributed by atoms with Gasteiger partial charge in [-0.15, -0.1) is 0 Å². The third-order valence-corrected chi connectivity index (χ3v) is 5.76. The minimum atomic E-state index is -3.31. The van der Waals surface area contributed by atoms with E-state index in [1.54, 1.807) is 30.8 Å². The largest absolute Gasteiger partial charge is 0.281 e. The standard InChI is InChI=1S/C12H19BrN4O2S/c1-16(2)20(18,19)17-5-3-4-10(9-17)6-11-7-15-12(13)8-14-11/h7-8,10H,3-6,9H2,1-2H3/t10-/m0/s1. The molecule has 0 radical (unpaired) electrons. The van der Waals surface area contributed by atoms with Crippen LogP contribution in [-0.2, 0) is 16.6 Å². The number of nitrogens with zero attached hydrogens (tertiary/aromatic N) is 4. The number of hydrogen-bond donors (Lipinski definition) is 0. The molecule has 0 aromatic carbocycles. The third-order valence-electron chi connectivity index (χ3n) is 3.44. The molecule has 0 saturated carbocycles. The second-order valence-electron chi connectivity index (χ2n) is 5.19. The summed E-state index contributed by atoms with van der Waals surface area (Å²) >= 11 is 3.26. The Hall–Kier alpha value is -0.570. The summed E-state index contributed by atoms with van der Waals surface area (Å²) in [5.41, 5.74) is 0.905. The highest BCUT2D eigenvalue weighted by atomic mass is 79.9. The maximum Gasteiger partial charge on any atom is 0.281 e. The Kier molecular flexibility index (Phi) is 5.11. The number of halogens is 1. The lowest BCUT2D eigenvalue weighted by Crippen LogP contribution is -2.45. The molecule has 1 aliphatic heterocycles. The van der Waals surface area contributed by atoms with Crippen molar-refractivity contribution in [1.29, 1.82) is 0 Å². The van der Waals surface area contributed by atoms with Crippen LogP contribution in [0.4, 0.5) is 0 Å². The van der Waals surface area contributed by atoms with Gasteiger partial charge in [-0.1, -0.05) is 0 Å². The summed E-state index contributed by atoms with van der Waals surface area (Å²) in [6.07, 6.45) is 6.09. The van der Waals surface area contributed by atoms with Gasteiger partial charge in [-0.3, -0.25) is 4.98 Å². The molecule has 0 aliphatic carbocycles. The van der Waals surface area contributed by atoms with Gasteiger partial charge >= 0.3 is 0 Å². The summed E-state index contributed by atoms with van der Waals surface area (Å²) in [6.45, 7) is 1.15. The topological polar surface area (TPSA) is 66.4 Å². The van der Waals surface area contributed by atoms with Gasteiger partial charge in [-0.05, 0) is 41.1 Å². The smallest absolute Gasteiger partial charge is 0.257 e. The van der Waals surface area contributed by atoms with Crippen LogP contribution in [0.3, 0.4) is 0 Å². The molecule has 8 heteroatoms. The molecular weight excluding hydrogens is 344 g/mol. The molecule has 0 unspecified atom stereocenters. The highest BCUT2D eigenvalue weighted by Crippen LogP contribution is 2.23. The van der Waals surface area contributed by atoms with Gasteiger partial charge in [0.25, 0.3) is 10.2 Å². The number of rotatable bonds is 4. The van der Waals surface area contributed by atoms with E-state index in [2.05, 4.69) is 25.9 Å². The van der Waals surface area contributed by atoms with Crippen molar-refractivity contribution >= 4 is 26.1 Å². The molecule has 20 heavy (non-hydrogen) atoms. The number of aromatic nitrogens is 2. The fourth-order valence-electron chi connectivity index (χ4n) is 2.37. The van der Waals surface area contributed by atoms with Crippen molar-refractivity contribution in [2.45, 2.75) is 19.3 Å². The first-order valence-corrected chi connectivity index (χ1v) is 8.72. The zero-order valence-electron chi connectivity index (χ0n) is 11.7. The summed E-state index contributed by atoms with van der Waals surface area (Å²) in [6, 6.07) is 0. The molecule has 0 N–H and O–H groups in total. The van der Waals surface area contributed by atoms with Crippen LogP contribution in [0.5, 0.6) is 0 Å². The molecule has 2 rings (SSSR count). The second-order valence-corrected chi connectivity index (χ2v) is 8.15. The Morgan fingerprint density at radius 3 is 2.75 bits per heavy atom. The maximum atomic E-state index is 12.1. The Morgan fingerprint density at radius 1 is 1.40 bits per heavy atom. The van der Waals surface area contributed by atoms with Crippen molar-refractivity contribution in [2.75, 3.05) is 27.2 Å². The van der Waals surface area contributed by atoms with Crippen LogP contribution < -0.4 is 0 Å². The van der Waals surface area contributed by atoms with E-state index >= 15 is 0 Å². The second kappa shape index (κ2) is 6.46. The van der Waals surface area contributed by atoms with Gasteiger partial charge in [0.15, 0.2) is 0 Å². The molecule has 2 heterocycles. The van der Waals surface area contributed by atoms with Gasteiger partial charge in [0.2, 0.25) is 0 Å². The molecule has 0 spiro atoms. The fourth-order valence-corrected chi connectivity index (χ4v) is 3.80. The Balaban J connectivity index is 2.02. The molecule has 1 aromatic heterocycles. The Bertz CT molecular complexity index is 547. The van der Waals surface area contributed by atoms with Crippen LogP contribution in [0.2, 0.25) is 0 Å². The highest BCUT2D eigenvalue weighted by molar-refractivity contribution is 9.10. The number of piperidine rings is 1. The summed E-state index contributed by atoms with van der Waals surface area (Å²) in [5.74, 6) is 0.300. The van der Waals surface area contributed by atoms with Gasteiger partial charge in [-0.25, -0.2) is 4.98 Å². The molecule has 6 nitrogen and oxygen atoms in total. The van der Waals surface area contributed by atoms with Gasteiger partial charge in [0.1, 0.15) is 4.60 Å². The van der Waals surface area contributed by atoms with Crippen LogP contribution in [0.1, 0.15) is 18.5 Å². The zero-order chi connectivity index (χ0) is 14.8. The summed E-state index contributed by atoms with van der Waals surface area (Å²) in [7, 11) is -0.172. The molecule has 1 atom stereocenters. The van der Waals surface area contributed by atoms with E-state index in [0.29, 0.717) is 23.6 Å². The molecule has 1 saturated heterocycles. The average molecular weight is 363 g/mol. The predicted octanol–water partition coefficient (Wildman–Crippen LogP) is 1.30. The lowest BCUT2D eigenvalue weighted by molar-refractivity contribution is 0.253. The van der Waals surface area contributed by atoms with Crippen LogP contribution >= 0.6 is 15.9 Å². The summed E-state index contributed by atoms with van der Waals surface area (Å²) in [5, 5.41) is 0. The van der Waals surface area contributed by atoms with Crippen LogP contribution in [-0.4, -0.2) is 54.2 Å². The van der Waals surface area contributed by atoms with Gasteiger partial charge in [-0.2, -0.15) is 17.0 Å². The van der Waals surface area contributed by atoms with E-state index in [1.165, 1.54) is 4.31 Å². The maximum absolute atomic E-state index is 12.1. The Labute approximate surface area is 128 Å². The zero-order valence-corrected chi connectivity index (χ0v) is 14.1. The quantitative estimate of drug-likeness (QED) is 0.809. The number of hydrogen-bond acceptors (Lipinski definition) is 4. The van der Waals surface area contributed by atoms with Crippen LogP contribution in [0, 0.1) is 5.92 Å². The summed E-state index contributed by atoms with van der Waals surface area (Å²) < 4.78 is 27.8. The van der Waals surface area contributed by atoms with Crippen molar-refractivity contribution in [3.63, 3.8) is 0 Å². The molecule has 0 amide bonds. The van der Waals surface area contributed by atoms with Gasteiger partial charge < -0.3 is 0 Å². The van der Waals surface area contributed by atoms with Gasteiger partial charge in [0.05, 0.1) is 11.9 Å². The lowest BCUT2D eigenvalue weighted by atomic mass is 9.95. The lowest BCUT2D eigenvalue weighted by Gasteiger charge is -2.33. The third kappa shape index (κ3) is 3.75. The first kappa shape index (κ1) is 15.8. The van der Waals surface area contributed by atoms with E-state index in [9.17, 15) is 8.42 Å². The molecule has 1 aromatic rings. The van der Waals surface area contributed by atoms with Gasteiger partial charge in [0, 0.05) is 33.4 Å². The summed E-state index contributed by atoms with van der Waals surface area (Å²) in [4.78, 5) is 8.46.